The number of carbonyl (C=O) groups is 2. The van der Waals surface area contributed by atoms with Gasteiger partial charge in [-0.25, -0.2) is 0 Å². The molecule has 27 heavy (non-hydrogen) atoms. The summed E-state index contributed by atoms with van der Waals surface area (Å²) in [6.45, 7) is 4.88. The third-order valence-corrected chi connectivity index (χ3v) is 10.2. The maximum atomic E-state index is 12.2. The summed E-state index contributed by atoms with van der Waals surface area (Å²) in [5.41, 5.74) is 4.89. The smallest absolute Gasteiger partial charge is 0.306 e. The van der Waals surface area contributed by atoms with E-state index in [0.717, 1.165) is 31.6 Å². The van der Waals surface area contributed by atoms with Crippen molar-refractivity contribution < 1.29 is 14.3 Å². The molecule has 0 N–H and O–H groups in total. The van der Waals surface area contributed by atoms with E-state index in [0.29, 0.717) is 42.3 Å². The molecule has 7 rings (SSSR count). The number of hydrogen-bond donors (Lipinski definition) is 0. The predicted molar refractivity (Wildman–Crippen MR) is 99.5 cm³/mol. The molecule has 3 nitrogen and oxygen atoms in total. The molecule has 2 unspecified atom stereocenters. The van der Waals surface area contributed by atoms with Crippen LogP contribution in [0.1, 0.15) is 65.2 Å². The van der Waals surface area contributed by atoms with Crippen molar-refractivity contribution in [1.82, 2.24) is 0 Å². The molecule has 5 fully saturated rings. The molecule has 142 valence electrons. The lowest BCUT2D eigenvalue weighted by molar-refractivity contribution is -0.165. The van der Waals surface area contributed by atoms with E-state index in [1.165, 1.54) is 18.4 Å². The standard InChI is InChI=1S/C24H28O3/c1-22-6-3-12(25)9-17(22)13-10-14(13)20-16(22)4-7-23(2)21(20)15-11-18(15)24(23)8-5-19(26)27-24/h4,14-15,18,20-21H,3,5-11H2,1-2H3/t14-,15+,18-,20?,21?,22+,23-,24-/m0/s1. The van der Waals surface area contributed by atoms with Gasteiger partial charge in [0, 0.05) is 36.0 Å². The zero-order chi connectivity index (χ0) is 18.3. The number of allylic oxidation sites excluding steroid dienone is 4. The Hall–Kier alpha value is -1.38. The number of ether oxygens (including phenoxy) is 1. The van der Waals surface area contributed by atoms with Crippen LogP contribution in [0.3, 0.4) is 0 Å². The highest BCUT2D eigenvalue weighted by molar-refractivity contribution is 5.84. The molecule has 7 aliphatic rings. The van der Waals surface area contributed by atoms with Crippen molar-refractivity contribution in [1.29, 1.82) is 0 Å². The summed E-state index contributed by atoms with van der Waals surface area (Å²) >= 11 is 0. The van der Waals surface area contributed by atoms with Gasteiger partial charge in [0.25, 0.3) is 0 Å². The van der Waals surface area contributed by atoms with E-state index < -0.39 is 0 Å². The molecule has 1 spiro atoms. The van der Waals surface area contributed by atoms with Crippen LogP contribution in [0.2, 0.25) is 0 Å². The van der Waals surface area contributed by atoms with Crippen LogP contribution in [0.4, 0.5) is 0 Å². The summed E-state index contributed by atoms with van der Waals surface area (Å²) in [5.74, 6) is 3.85. The summed E-state index contributed by atoms with van der Waals surface area (Å²) < 4.78 is 6.19. The van der Waals surface area contributed by atoms with Crippen molar-refractivity contribution in [2.45, 2.75) is 70.8 Å². The molecule has 0 amide bonds. The topological polar surface area (TPSA) is 43.4 Å². The number of hydrogen-bond acceptors (Lipinski definition) is 3. The molecule has 1 aliphatic heterocycles. The zero-order valence-electron chi connectivity index (χ0n) is 16.3. The number of esters is 1. The summed E-state index contributed by atoms with van der Waals surface area (Å²) in [4.78, 5) is 24.3. The van der Waals surface area contributed by atoms with Crippen LogP contribution in [-0.2, 0) is 14.3 Å². The highest BCUT2D eigenvalue weighted by Gasteiger charge is 2.79. The van der Waals surface area contributed by atoms with Crippen LogP contribution >= 0.6 is 0 Å². The first-order chi connectivity index (χ1) is 12.9. The second-order valence-electron chi connectivity index (χ2n) is 11.1. The first kappa shape index (κ1) is 15.5. The van der Waals surface area contributed by atoms with Gasteiger partial charge < -0.3 is 4.74 Å². The maximum absolute atomic E-state index is 12.2. The van der Waals surface area contributed by atoms with Crippen molar-refractivity contribution in [2.24, 2.45) is 40.4 Å². The Morgan fingerprint density at radius 1 is 1.15 bits per heavy atom. The molecule has 1 saturated heterocycles. The molecular formula is C24H28O3. The molecule has 4 saturated carbocycles. The van der Waals surface area contributed by atoms with Gasteiger partial charge in [-0.3, -0.25) is 9.59 Å². The average Bonchev–Trinajstić information content (AvgIpc) is 3.53. The average molecular weight is 364 g/mol. The van der Waals surface area contributed by atoms with E-state index in [1.807, 2.05) is 0 Å². The van der Waals surface area contributed by atoms with Crippen molar-refractivity contribution in [3.8, 4) is 0 Å². The monoisotopic (exact) mass is 364 g/mol. The molecule has 0 aromatic carbocycles. The number of ketones is 1. The lowest BCUT2D eigenvalue weighted by Crippen LogP contribution is -2.53. The fourth-order valence-corrected chi connectivity index (χ4v) is 8.94. The number of carbonyl (C=O) groups excluding carboxylic acids is 2. The lowest BCUT2D eigenvalue weighted by atomic mass is 9.50. The van der Waals surface area contributed by atoms with Gasteiger partial charge in [0.2, 0.25) is 0 Å². The number of rotatable bonds is 0. The third-order valence-electron chi connectivity index (χ3n) is 10.2. The van der Waals surface area contributed by atoms with Crippen LogP contribution in [0.25, 0.3) is 0 Å². The minimum Gasteiger partial charge on any atom is -0.458 e. The highest BCUT2D eigenvalue weighted by atomic mass is 16.6. The fraction of sp³-hybridized carbons (Fsp3) is 0.750. The van der Waals surface area contributed by atoms with Crippen LogP contribution in [0.5, 0.6) is 0 Å². The predicted octanol–water partition coefficient (Wildman–Crippen LogP) is 4.37. The molecule has 0 radical (unpaired) electrons. The summed E-state index contributed by atoms with van der Waals surface area (Å²) in [7, 11) is 0. The van der Waals surface area contributed by atoms with Crippen LogP contribution in [-0.4, -0.2) is 17.4 Å². The van der Waals surface area contributed by atoms with E-state index >= 15 is 0 Å². The second-order valence-corrected chi connectivity index (χ2v) is 11.1. The summed E-state index contributed by atoms with van der Waals surface area (Å²) in [6, 6.07) is 0. The third kappa shape index (κ3) is 1.53. The van der Waals surface area contributed by atoms with E-state index in [-0.39, 0.29) is 22.4 Å². The number of Topliss-reactive ketones (excluding diaryl/α,β-unsaturated/α-hetero) is 1. The van der Waals surface area contributed by atoms with E-state index in [4.69, 9.17) is 4.74 Å². The summed E-state index contributed by atoms with van der Waals surface area (Å²) in [5, 5.41) is 0. The molecule has 8 atom stereocenters. The van der Waals surface area contributed by atoms with E-state index in [1.54, 1.807) is 11.1 Å². The van der Waals surface area contributed by atoms with Crippen LogP contribution in [0, 0.1) is 40.4 Å². The van der Waals surface area contributed by atoms with Gasteiger partial charge in [-0.1, -0.05) is 36.6 Å². The molecule has 0 bridgehead atoms. The fourth-order valence-electron chi connectivity index (χ4n) is 8.94. The maximum Gasteiger partial charge on any atom is 0.306 e. The molecule has 1 heterocycles. The van der Waals surface area contributed by atoms with Gasteiger partial charge in [-0.15, -0.1) is 0 Å². The second kappa shape index (κ2) is 4.28. The molecular weight excluding hydrogens is 336 g/mol. The SMILES string of the molecule is C[C@]12CCC(=O)CC1=C1C[C@@H]1C1C2=CC[C@@]2(C)C1[C@@H]1C[C@@H]1[C@@]21CCC(=O)O1. The number of fused-ring (bicyclic) bond motifs is 11. The van der Waals surface area contributed by atoms with Crippen molar-refractivity contribution >= 4 is 11.8 Å². The van der Waals surface area contributed by atoms with Crippen LogP contribution in [0.15, 0.2) is 22.8 Å². The molecule has 0 aromatic rings. The largest absolute Gasteiger partial charge is 0.458 e. The van der Waals surface area contributed by atoms with Crippen LogP contribution < -0.4 is 0 Å². The Kier molecular flexibility index (Phi) is 2.46. The zero-order valence-corrected chi connectivity index (χ0v) is 16.3. The quantitative estimate of drug-likeness (QED) is 0.473. The lowest BCUT2D eigenvalue weighted by Gasteiger charge is -2.55. The van der Waals surface area contributed by atoms with Gasteiger partial charge in [0.05, 0.1) is 0 Å². The van der Waals surface area contributed by atoms with Gasteiger partial charge in [0.1, 0.15) is 11.4 Å². The first-order valence-electron chi connectivity index (χ1n) is 11.1. The minimum atomic E-state index is -0.177. The van der Waals surface area contributed by atoms with Gasteiger partial charge in [-0.2, -0.15) is 0 Å². The van der Waals surface area contributed by atoms with Gasteiger partial charge in [-0.05, 0) is 55.8 Å². The Labute approximate surface area is 160 Å². The molecule has 3 heteroatoms. The van der Waals surface area contributed by atoms with Crippen molar-refractivity contribution in [3.05, 3.63) is 22.8 Å². The Balaban J connectivity index is 1.38. The molecule has 6 aliphatic carbocycles. The van der Waals surface area contributed by atoms with E-state index in [2.05, 4.69) is 19.9 Å². The Morgan fingerprint density at radius 3 is 2.78 bits per heavy atom. The van der Waals surface area contributed by atoms with Gasteiger partial charge in [0.15, 0.2) is 0 Å². The molecule has 0 aromatic heterocycles. The Bertz CT molecular complexity index is 895. The highest BCUT2D eigenvalue weighted by Crippen LogP contribution is 2.80. The normalized spacial score (nSPS) is 56.7. The van der Waals surface area contributed by atoms with E-state index in [9.17, 15) is 9.59 Å². The minimum absolute atomic E-state index is 0.0352. The Morgan fingerprint density at radius 2 is 2.00 bits per heavy atom. The summed E-state index contributed by atoms with van der Waals surface area (Å²) in [6.07, 6.45) is 10.1. The first-order valence-corrected chi connectivity index (χ1v) is 11.1. The van der Waals surface area contributed by atoms with Crippen molar-refractivity contribution in [2.75, 3.05) is 0 Å². The van der Waals surface area contributed by atoms with Crippen molar-refractivity contribution in [3.63, 3.8) is 0 Å². The van der Waals surface area contributed by atoms with Gasteiger partial charge >= 0.3 is 5.97 Å².